The van der Waals surface area contributed by atoms with Gasteiger partial charge in [-0.3, -0.25) is 9.78 Å². The summed E-state index contributed by atoms with van der Waals surface area (Å²) in [4.78, 5) is 15.9. The molecule has 0 spiro atoms. The summed E-state index contributed by atoms with van der Waals surface area (Å²) in [5.74, 6) is 0.403. The van der Waals surface area contributed by atoms with Crippen LogP contribution in [-0.2, 0) is 6.54 Å². The van der Waals surface area contributed by atoms with Gasteiger partial charge in [0.1, 0.15) is 5.75 Å². The second-order valence-electron chi connectivity index (χ2n) is 5.34. The first kappa shape index (κ1) is 13.8. The highest BCUT2D eigenvalue weighted by Gasteiger charge is 2.28. The molecule has 108 valence electrons. The Hall–Kier alpha value is -2.20. The molecule has 1 aromatic heterocycles. The molecule has 21 heavy (non-hydrogen) atoms. The SMILES string of the molecule is CCC(=O)c1ccc(C2NCc3cnc(C)c(O)c32)cc1. The fourth-order valence-electron chi connectivity index (χ4n) is 2.78. The Balaban J connectivity index is 1.98. The van der Waals surface area contributed by atoms with E-state index < -0.39 is 0 Å². The molecule has 0 radical (unpaired) electrons. The molecule has 1 aliphatic rings. The van der Waals surface area contributed by atoms with Gasteiger partial charge in [0.15, 0.2) is 5.78 Å². The summed E-state index contributed by atoms with van der Waals surface area (Å²) in [5, 5.41) is 13.7. The molecule has 0 saturated carbocycles. The molecule has 2 aromatic rings. The van der Waals surface area contributed by atoms with Crippen molar-refractivity contribution in [2.24, 2.45) is 0 Å². The van der Waals surface area contributed by atoms with E-state index in [2.05, 4.69) is 10.3 Å². The largest absolute Gasteiger partial charge is 0.506 e. The van der Waals surface area contributed by atoms with Crippen LogP contribution in [0.15, 0.2) is 30.5 Å². The Morgan fingerprint density at radius 1 is 1.38 bits per heavy atom. The van der Waals surface area contributed by atoms with E-state index in [0.717, 1.165) is 22.3 Å². The van der Waals surface area contributed by atoms with Crippen molar-refractivity contribution in [3.05, 3.63) is 58.4 Å². The summed E-state index contributed by atoms with van der Waals surface area (Å²) in [7, 11) is 0. The summed E-state index contributed by atoms with van der Waals surface area (Å²) < 4.78 is 0. The second-order valence-corrected chi connectivity index (χ2v) is 5.34. The summed E-state index contributed by atoms with van der Waals surface area (Å²) in [6, 6.07) is 7.56. The van der Waals surface area contributed by atoms with E-state index in [4.69, 9.17) is 0 Å². The lowest BCUT2D eigenvalue weighted by atomic mass is 9.96. The Kier molecular flexibility index (Phi) is 3.47. The third-order valence-corrected chi connectivity index (χ3v) is 4.03. The van der Waals surface area contributed by atoms with Crippen molar-refractivity contribution in [2.75, 3.05) is 0 Å². The summed E-state index contributed by atoms with van der Waals surface area (Å²) in [6.07, 6.45) is 2.32. The van der Waals surface area contributed by atoms with Crippen LogP contribution in [0.2, 0.25) is 0 Å². The topological polar surface area (TPSA) is 62.2 Å². The normalized spacial score (nSPS) is 16.8. The number of pyridine rings is 1. The maximum absolute atomic E-state index is 11.7. The van der Waals surface area contributed by atoms with Gasteiger partial charge in [-0.2, -0.15) is 0 Å². The fourth-order valence-corrected chi connectivity index (χ4v) is 2.78. The zero-order valence-corrected chi connectivity index (χ0v) is 12.2. The lowest BCUT2D eigenvalue weighted by Crippen LogP contribution is -2.13. The molecule has 1 aromatic carbocycles. The zero-order valence-electron chi connectivity index (χ0n) is 12.2. The van der Waals surface area contributed by atoms with Crippen molar-refractivity contribution < 1.29 is 9.90 Å². The van der Waals surface area contributed by atoms with Crippen LogP contribution in [0.25, 0.3) is 0 Å². The van der Waals surface area contributed by atoms with Gasteiger partial charge in [-0.1, -0.05) is 31.2 Å². The van der Waals surface area contributed by atoms with E-state index in [1.54, 1.807) is 6.92 Å². The number of fused-ring (bicyclic) bond motifs is 1. The molecule has 2 N–H and O–H groups in total. The quantitative estimate of drug-likeness (QED) is 0.850. The van der Waals surface area contributed by atoms with E-state index in [1.807, 2.05) is 37.4 Å². The molecule has 4 heteroatoms. The highest BCUT2D eigenvalue weighted by Crippen LogP contribution is 2.37. The van der Waals surface area contributed by atoms with Crippen LogP contribution in [0.3, 0.4) is 0 Å². The van der Waals surface area contributed by atoms with Gasteiger partial charge in [0.2, 0.25) is 0 Å². The van der Waals surface area contributed by atoms with Gasteiger partial charge in [-0.15, -0.1) is 0 Å². The first-order valence-corrected chi connectivity index (χ1v) is 7.15. The smallest absolute Gasteiger partial charge is 0.162 e. The van der Waals surface area contributed by atoms with Gasteiger partial charge in [0.05, 0.1) is 11.7 Å². The highest BCUT2D eigenvalue weighted by molar-refractivity contribution is 5.95. The number of nitrogens with zero attached hydrogens (tertiary/aromatic N) is 1. The van der Waals surface area contributed by atoms with Gasteiger partial charge in [0.25, 0.3) is 0 Å². The number of ketones is 1. The van der Waals surface area contributed by atoms with Gasteiger partial charge in [-0.05, 0) is 18.1 Å². The number of hydrogen-bond acceptors (Lipinski definition) is 4. The highest BCUT2D eigenvalue weighted by atomic mass is 16.3. The van der Waals surface area contributed by atoms with Crippen LogP contribution in [-0.4, -0.2) is 15.9 Å². The number of aryl methyl sites for hydroxylation is 1. The van der Waals surface area contributed by atoms with Gasteiger partial charge in [-0.25, -0.2) is 0 Å². The average molecular weight is 282 g/mol. The summed E-state index contributed by atoms with van der Waals surface area (Å²) >= 11 is 0. The maximum Gasteiger partial charge on any atom is 0.162 e. The minimum atomic E-state index is -0.0486. The van der Waals surface area contributed by atoms with Crippen molar-refractivity contribution in [1.29, 1.82) is 0 Å². The predicted molar refractivity (Wildman–Crippen MR) is 80.4 cm³/mol. The fraction of sp³-hybridized carbons (Fsp3) is 0.294. The van der Waals surface area contributed by atoms with Crippen molar-refractivity contribution >= 4 is 5.78 Å². The molecular formula is C17H18N2O2. The molecule has 0 amide bonds. The number of aromatic hydroxyl groups is 1. The molecule has 1 unspecified atom stereocenters. The van der Waals surface area contributed by atoms with Crippen molar-refractivity contribution in [3.8, 4) is 5.75 Å². The van der Waals surface area contributed by atoms with Crippen LogP contribution >= 0.6 is 0 Å². The third-order valence-electron chi connectivity index (χ3n) is 4.03. The number of Topliss-reactive ketones (excluding diaryl/α,β-unsaturated/α-hetero) is 1. The van der Waals surface area contributed by atoms with Gasteiger partial charge in [0, 0.05) is 30.3 Å². The number of benzene rings is 1. The van der Waals surface area contributed by atoms with Crippen molar-refractivity contribution in [2.45, 2.75) is 32.9 Å². The Bertz CT molecular complexity index is 693. The molecule has 0 bridgehead atoms. The minimum Gasteiger partial charge on any atom is -0.506 e. The van der Waals surface area contributed by atoms with Crippen LogP contribution in [0, 0.1) is 6.92 Å². The molecule has 2 heterocycles. The minimum absolute atomic E-state index is 0.0486. The molecule has 1 aliphatic heterocycles. The van der Waals surface area contributed by atoms with Crippen LogP contribution in [0.1, 0.15) is 52.1 Å². The molecule has 4 nitrogen and oxygen atoms in total. The number of nitrogens with one attached hydrogen (secondary N) is 1. The standard InChI is InChI=1S/C17H18N2O2/c1-3-14(20)11-4-6-12(7-5-11)16-15-13(9-19-16)8-18-10(2)17(15)21/h4-8,16,19,21H,3,9H2,1-2H3. The van der Waals surface area contributed by atoms with Crippen molar-refractivity contribution in [3.63, 3.8) is 0 Å². The Labute approximate surface area is 123 Å². The predicted octanol–water partition coefficient (Wildman–Crippen LogP) is 2.88. The molecule has 0 aliphatic carbocycles. The van der Waals surface area contributed by atoms with E-state index in [-0.39, 0.29) is 17.6 Å². The van der Waals surface area contributed by atoms with Crippen LogP contribution in [0.4, 0.5) is 0 Å². The lowest BCUT2D eigenvalue weighted by Gasteiger charge is -2.15. The van der Waals surface area contributed by atoms with E-state index >= 15 is 0 Å². The third kappa shape index (κ3) is 2.32. The van der Waals surface area contributed by atoms with Gasteiger partial charge >= 0.3 is 0 Å². The van der Waals surface area contributed by atoms with Crippen molar-refractivity contribution in [1.82, 2.24) is 10.3 Å². The molecule has 0 saturated heterocycles. The maximum atomic E-state index is 11.7. The first-order valence-electron chi connectivity index (χ1n) is 7.15. The average Bonchev–Trinajstić information content (AvgIpc) is 2.95. The Morgan fingerprint density at radius 3 is 2.76 bits per heavy atom. The van der Waals surface area contributed by atoms with E-state index in [9.17, 15) is 9.90 Å². The molecule has 0 fully saturated rings. The molecule has 1 atom stereocenters. The number of hydrogen-bond donors (Lipinski definition) is 2. The first-order chi connectivity index (χ1) is 10.1. The monoisotopic (exact) mass is 282 g/mol. The number of aromatic nitrogens is 1. The molecular weight excluding hydrogens is 264 g/mol. The lowest BCUT2D eigenvalue weighted by molar-refractivity contribution is 0.0988. The summed E-state index contributed by atoms with van der Waals surface area (Å²) in [6.45, 7) is 4.35. The second kappa shape index (κ2) is 5.30. The molecule has 3 rings (SSSR count). The van der Waals surface area contributed by atoms with Gasteiger partial charge < -0.3 is 10.4 Å². The van der Waals surface area contributed by atoms with Crippen LogP contribution in [0.5, 0.6) is 5.75 Å². The van der Waals surface area contributed by atoms with Crippen LogP contribution < -0.4 is 5.32 Å². The van der Waals surface area contributed by atoms with E-state index in [1.165, 1.54) is 0 Å². The Morgan fingerprint density at radius 2 is 2.10 bits per heavy atom. The number of rotatable bonds is 3. The zero-order chi connectivity index (χ0) is 15.0. The number of carbonyl (C=O) groups is 1. The summed E-state index contributed by atoms with van der Waals surface area (Å²) in [5.41, 5.74) is 4.34. The number of carbonyl (C=O) groups excluding carboxylic acids is 1. The van der Waals surface area contributed by atoms with E-state index in [0.29, 0.717) is 18.7 Å².